The third kappa shape index (κ3) is 5.54. The van der Waals surface area contributed by atoms with Crippen molar-refractivity contribution in [2.24, 2.45) is 5.73 Å². The molecule has 6 heteroatoms. The van der Waals surface area contributed by atoms with E-state index in [-0.39, 0.29) is 24.1 Å². The van der Waals surface area contributed by atoms with Gasteiger partial charge in [-0.05, 0) is 30.2 Å². The zero-order valence-corrected chi connectivity index (χ0v) is 16.7. The molecule has 0 aliphatic rings. The fourth-order valence-electron chi connectivity index (χ4n) is 3.05. The summed E-state index contributed by atoms with van der Waals surface area (Å²) in [5, 5.41) is 13.2. The molecule has 3 rings (SSSR count). The van der Waals surface area contributed by atoms with E-state index in [1.807, 2.05) is 49.4 Å². The summed E-state index contributed by atoms with van der Waals surface area (Å²) in [5.41, 5.74) is 9.15. The van der Waals surface area contributed by atoms with E-state index in [1.165, 1.54) is 0 Å². The highest BCUT2D eigenvalue weighted by Crippen LogP contribution is 2.13. The summed E-state index contributed by atoms with van der Waals surface area (Å²) < 4.78 is 0. The lowest BCUT2D eigenvalue weighted by Gasteiger charge is -2.21. The molecule has 0 heterocycles. The summed E-state index contributed by atoms with van der Waals surface area (Å²) in [4.78, 5) is 25.4. The van der Waals surface area contributed by atoms with Gasteiger partial charge >= 0.3 is 0 Å². The minimum Gasteiger partial charge on any atom is -0.384 e. The Hall–Kier alpha value is -3.93. The highest BCUT2D eigenvalue weighted by Gasteiger charge is 2.18. The molecule has 6 nitrogen and oxygen atoms in total. The van der Waals surface area contributed by atoms with Gasteiger partial charge in [0.2, 0.25) is 5.91 Å². The zero-order chi connectivity index (χ0) is 21.5. The van der Waals surface area contributed by atoms with E-state index in [1.54, 1.807) is 36.4 Å². The Morgan fingerprint density at radius 2 is 1.60 bits per heavy atom. The topological polar surface area (TPSA) is 108 Å². The van der Waals surface area contributed by atoms with Gasteiger partial charge < -0.3 is 16.4 Å². The van der Waals surface area contributed by atoms with Gasteiger partial charge in [0.05, 0.1) is 6.42 Å². The van der Waals surface area contributed by atoms with Crippen LogP contribution in [-0.4, -0.2) is 17.6 Å². The number of hydrogen-bond acceptors (Lipinski definition) is 3. The molecule has 1 unspecified atom stereocenters. The number of nitrogen functional groups attached to an aromatic ring is 1. The van der Waals surface area contributed by atoms with Crippen LogP contribution >= 0.6 is 0 Å². The molecule has 0 fully saturated rings. The van der Waals surface area contributed by atoms with Crippen molar-refractivity contribution < 1.29 is 9.59 Å². The molecule has 2 amide bonds. The summed E-state index contributed by atoms with van der Waals surface area (Å²) in [5.74, 6) is -0.517. The molecular weight excluding hydrogens is 376 g/mol. The van der Waals surface area contributed by atoms with Gasteiger partial charge in [-0.15, -0.1) is 0 Å². The number of amidine groups is 1. The molecule has 0 aliphatic carbocycles. The van der Waals surface area contributed by atoms with Gasteiger partial charge in [-0.25, -0.2) is 0 Å². The predicted octanol–water partition coefficient (Wildman–Crippen LogP) is 3.07. The number of benzene rings is 3. The summed E-state index contributed by atoms with van der Waals surface area (Å²) in [6.07, 6.45) is -0.523. The Labute approximate surface area is 175 Å². The number of rotatable bonds is 7. The van der Waals surface area contributed by atoms with Crippen LogP contribution < -0.4 is 16.4 Å². The number of carbonyl (C=O) groups excluding carboxylic acids is 2. The van der Waals surface area contributed by atoms with Crippen LogP contribution in [0.5, 0.6) is 0 Å². The standard InChI is InChI=1S/C24H24N4O2/c1-16-6-5-9-20(14-16)24(30)28-23(19-7-3-2-4-8-19)27-21(29)15-17-10-12-18(13-11-17)22(25)26/h2-14,23H,15H2,1H3,(H3,25,26)(H,27,29)(H,28,30). The first kappa shape index (κ1) is 20.8. The van der Waals surface area contributed by atoms with Crippen LogP contribution in [-0.2, 0) is 11.2 Å². The van der Waals surface area contributed by atoms with Crippen LogP contribution in [0.4, 0.5) is 0 Å². The van der Waals surface area contributed by atoms with Crippen molar-refractivity contribution in [2.45, 2.75) is 19.5 Å². The molecule has 3 aromatic carbocycles. The van der Waals surface area contributed by atoms with Crippen molar-refractivity contribution in [1.29, 1.82) is 5.41 Å². The number of aryl methyl sites for hydroxylation is 1. The maximum absolute atomic E-state index is 12.7. The lowest BCUT2D eigenvalue weighted by atomic mass is 10.1. The van der Waals surface area contributed by atoms with Crippen molar-refractivity contribution in [3.8, 4) is 0 Å². The molecule has 0 saturated heterocycles. The third-order valence-corrected chi connectivity index (χ3v) is 4.62. The Kier molecular flexibility index (Phi) is 6.60. The molecule has 1 atom stereocenters. The van der Waals surface area contributed by atoms with E-state index >= 15 is 0 Å². The number of nitrogens with two attached hydrogens (primary N) is 1. The quantitative estimate of drug-likeness (QED) is 0.278. The predicted molar refractivity (Wildman–Crippen MR) is 117 cm³/mol. The Morgan fingerprint density at radius 3 is 2.23 bits per heavy atom. The van der Waals surface area contributed by atoms with Gasteiger partial charge in [-0.2, -0.15) is 0 Å². The van der Waals surface area contributed by atoms with E-state index in [0.29, 0.717) is 11.1 Å². The van der Waals surface area contributed by atoms with Crippen molar-refractivity contribution >= 4 is 17.6 Å². The molecule has 0 aromatic heterocycles. The van der Waals surface area contributed by atoms with Gasteiger partial charge in [-0.1, -0.05) is 72.3 Å². The van der Waals surface area contributed by atoms with Gasteiger partial charge in [-0.3, -0.25) is 15.0 Å². The molecule has 0 aliphatic heterocycles. The summed E-state index contributed by atoms with van der Waals surface area (Å²) in [6, 6.07) is 23.5. The maximum atomic E-state index is 12.7. The Balaban J connectivity index is 1.73. The van der Waals surface area contributed by atoms with Crippen LogP contribution in [0.3, 0.4) is 0 Å². The van der Waals surface area contributed by atoms with E-state index in [4.69, 9.17) is 11.1 Å². The molecule has 0 radical (unpaired) electrons. The minimum absolute atomic E-state index is 0.0194. The van der Waals surface area contributed by atoms with E-state index < -0.39 is 6.17 Å². The lowest BCUT2D eigenvalue weighted by Crippen LogP contribution is -2.41. The van der Waals surface area contributed by atoms with E-state index in [2.05, 4.69) is 10.6 Å². The molecule has 0 saturated carbocycles. The summed E-state index contributed by atoms with van der Waals surface area (Å²) in [7, 11) is 0. The average molecular weight is 400 g/mol. The largest absolute Gasteiger partial charge is 0.384 e. The monoisotopic (exact) mass is 400 g/mol. The first-order valence-corrected chi connectivity index (χ1v) is 9.57. The fraction of sp³-hybridized carbons (Fsp3) is 0.125. The fourth-order valence-corrected chi connectivity index (χ4v) is 3.05. The normalized spacial score (nSPS) is 11.4. The molecule has 5 N–H and O–H groups in total. The number of amides is 2. The highest BCUT2D eigenvalue weighted by molar-refractivity contribution is 5.95. The zero-order valence-electron chi connectivity index (χ0n) is 16.7. The molecular formula is C24H24N4O2. The van der Waals surface area contributed by atoms with Crippen molar-refractivity contribution in [3.05, 3.63) is 107 Å². The second-order valence-corrected chi connectivity index (χ2v) is 7.04. The third-order valence-electron chi connectivity index (χ3n) is 4.62. The van der Waals surface area contributed by atoms with Crippen LogP contribution in [0.2, 0.25) is 0 Å². The van der Waals surface area contributed by atoms with Crippen molar-refractivity contribution in [3.63, 3.8) is 0 Å². The minimum atomic E-state index is -0.664. The van der Waals surface area contributed by atoms with Gasteiger partial charge in [0.15, 0.2) is 0 Å². The van der Waals surface area contributed by atoms with Crippen LogP contribution in [0.1, 0.15) is 38.8 Å². The Morgan fingerprint density at radius 1 is 0.900 bits per heavy atom. The summed E-state index contributed by atoms with van der Waals surface area (Å²) in [6.45, 7) is 1.92. The average Bonchev–Trinajstić information content (AvgIpc) is 2.74. The summed E-state index contributed by atoms with van der Waals surface area (Å²) >= 11 is 0. The molecule has 0 spiro atoms. The van der Waals surface area contributed by atoms with Crippen LogP contribution in [0.15, 0.2) is 78.9 Å². The number of hydrogen-bond donors (Lipinski definition) is 4. The second kappa shape index (κ2) is 9.52. The molecule has 0 bridgehead atoms. The second-order valence-electron chi connectivity index (χ2n) is 7.04. The smallest absolute Gasteiger partial charge is 0.253 e. The van der Waals surface area contributed by atoms with Gasteiger partial charge in [0.25, 0.3) is 5.91 Å². The Bertz CT molecular complexity index is 1050. The van der Waals surface area contributed by atoms with Gasteiger partial charge in [0.1, 0.15) is 12.0 Å². The van der Waals surface area contributed by atoms with E-state index in [0.717, 1.165) is 16.7 Å². The lowest BCUT2D eigenvalue weighted by molar-refractivity contribution is -0.121. The molecule has 3 aromatic rings. The van der Waals surface area contributed by atoms with E-state index in [9.17, 15) is 9.59 Å². The molecule has 152 valence electrons. The highest BCUT2D eigenvalue weighted by atomic mass is 16.2. The number of nitrogens with one attached hydrogen (secondary N) is 3. The van der Waals surface area contributed by atoms with Crippen LogP contribution in [0.25, 0.3) is 0 Å². The van der Waals surface area contributed by atoms with Crippen LogP contribution in [0, 0.1) is 12.3 Å². The first-order chi connectivity index (χ1) is 14.4. The maximum Gasteiger partial charge on any atom is 0.253 e. The first-order valence-electron chi connectivity index (χ1n) is 9.57. The van der Waals surface area contributed by atoms with Crippen molar-refractivity contribution in [2.75, 3.05) is 0 Å². The SMILES string of the molecule is Cc1cccc(C(=O)NC(NC(=O)Cc2ccc(C(=N)N)cc2)c2ccccc2)c1. The van der Waals surface area contributed by atoms with Crippen molar-refractivity contribution in [1.82, 2.24) is 10.6 Å². The van der Waals surface area contributed by atoms with Gasteiger partial charge in [0, 0.05) is 11.1 Å². The number of carbonyl (C=O) groups is 2. The molecule has 30 heavy (non-hydrogen) atoms.